The molecule has 0 aliphatic carbocycles. The van der Waals surface area contributed by atoms with E-state index in [0.29, 0.717) is 12.1 Å². The summed E-state index contributed by atoms with van der Waals surface area (Å²) >= 11 is 5.83. The van der Waals surface area contributed by atoms with Crippen molar-refractivity contribution in [3.05, 3.63) is 63.7 Å². The molecular formula is C16H9ClF3NO2. The zero-order valence-electron chi connectivity index (χ0n) is 11.7. The summed E-state index contributed by atoms with van der Waals surface area (Å²) in [5.74, 6) is -0.540. The molecule has 2 aromatic carbocycles. The number of nitriles is 1. The van der Waals surface area contributed by atoms with Crippen molar-refractivity contribution >= 4 is 17.4 Å². The van der Waals surface area contributed by atoms with Gasteiger partial charge < -0.3 is 4.74 Å². The van der Waals surface area contributed by atoms with Gasteiger partial charge in [-0.1, -0.05) is 11.6 Å². The molecule has 0 atom stereocenters. The van der Waals surface area contributed by atoms with Gasteiger partial charge in [0, 0.05) is 10.6 Å². The number of ketones is 1. The summed E-state index contributed by atoms with van der Waals surface area (Å²) < 4.78 is 43.7. The highest BCUT2D eigenvalue weighted by Crippen LogP contribution is 2.32. The van der Waals surface area contributed by atoms with Crippen molar-refractivity contribution in [1.82, 2.24) is 0 Å². The molecule has 0 aromatic heterocycles. The van der Waals surface area contributed by atoms with Gasteiger partial charge >= 0.3 is 6.18 Å². The topological polar surface area (TPSA) is 50.1 Å². The number of halogens is 4. The van der Waals surface area contributed by atoms with E-state index >= 15 is 0 Å². The van der Waals surface area contributed by atoms with Gasteiger partial charge in [-0.15, -0.1) is 0 Å². The zero-order valence-corrected chi connectivity index (χ0v) is 12.5. The molecular weight excluding hydrogens is 331 g/mol. The molecule has 0 N–H and O–H groups in total. The fourth-order valence-corrected chi connectivity index (χ4v) is 2.17. The van der Waals surface area contributed by atoms with E-state index in [1.165, 1.54) is 25.3 Å². The van der Waals surface area contributed by atoms with E-state index in [1.54, 1.807) is 6.07 Å². The maximum Gasteiger partial charge on any atom is 0.416 e. The van der Waals surface area contributed by atoms with E-state index in [9.17, 15) is 18.0 Å². The Bertz CT molecular complexity index is 810. The lowest BCUT2D eigenvalue weighted by Gasteiger charge is -2.11. The summed E-state index contributed by atoms with van der Waals surface area (Å²) in [6, 6.07) is 8.33. The Morgan fingerprint density at radius 3 is 2.48 bits per heavy atom. The van der Waals surface area contributed by atoms with E-state index in [1.807, 2.05) is 0 Å². The maximum atomic E-state index is 12.9. The monoisotopic (exact) mass is 339 g/mol. The lowest BCUT2D eigenvalue weighted by atomic mass is 9.98. The third kappa shape index (κ3) is 3.63. The molecule has 0 heterocycles. The first kappa shape index (κ1) is 16.8. The Balaban J connectivity index is 2.60. The van der Waals surface area contributed by atoms with Gasteiger partial charge in [-0.3, -0.25) is 4.79 Å². The van der Waals surface area contributed by atoms with Crippen molar-refractivity contribution in [3.8, 4) is 11.8 Å². The Labute approximate surface area is 134 Å². The van der Waals surface area contributed by atoms with Gasteiger partial charge in [0.2, 0.25) is 0 Å². The molecule has 0 aliphatic rings. The van der Waals surface area contributed by atoms with Crippen LogP contribution in [0.4, 0.5) is 13.2 Å². The molecule has 0 saturated carbocycles. The van der Waals surface area contributed by atoms with Gasteiger partial charge in [0.15, 0.2) is 5.78 Å². The van der Waals surface area contributed by atoms with Crippen LogP contribution in [0.5, 0.6) is 5.75 Å². The molecule has 0 radical (unpaired) electrons. The average Bonchev–Trinajstić information content (AvgIpc) is 2.52. The van der Waals surface area contributed by atoms with E-state index < -0.39 is 17.5 Å². The van der Waals surface area contributed by atoms with Crippen molar-refractivity contribution in [2.75, 3.05) is 7.11 Å². The first-order valence-corrected chi connectivity index (χ1v) is 6.64. The molecule has 3 nitrogen and oxygen atoms in total. The third-order valence-electron chi connectivity index (χ3n) is 3.06. The summed E-state index contributed by atoms with van der Waals surface area (Å²) in [6.45, 7) is 0. The van der Waals surface area contributed by atoms with E-state index in [-0.39, 0.29) is 27.5 Å². The van der Waals surface area contributed by atoms with E-state index in [0.717, 1.165) is 6.07 Å². The molecule has 2 aromatic rings. The molecule has 2 rings (SSSR count). The van der Waals surface area contributed by atoms with Gasteiger partial charge in [-0.2, -0.15) is 18.4 Å². The second-order valence-corrected chi connectivity index (χ2v) is 5.02. The third-order valence-corrected chi connectivity index (χ3v) is 3.29. The van der Waals surface area contributed by atoms with Gasteiger partial charge in [0.05, 0.1) is 29.9 Å². The van der Waals surface area contributed by atoms with Crippen molar-refractivity contribution in [3.63, 3.8) is 0 Å². The number of ether oxygens (including phenoxy) is 1. The number of alkyl halides is 3. The van der Waals surface area contributed by atoms with Crippen LogP contribution in [-0.4, -0.2) is 12.9 Å². The summed E-state index contributed by atoms with van der Waals surface area (Å²) in [4.78, 5) is 12.5. The summed E-state index contributed by atoms with van der Waals surface area (Å²) in [5, 5.41) is 9.11. The van der Waals surface area contributed by atoms with Crippen LogP contribution in [0.25, 0.3) is 0 Å². The van der Waals surface area contributed by atoms with Crippen LogP contribution in [0, 0.1) is 11.3 Å². The second kappa shape index (κ2) is 6.31. The first-order valence-electron chi connectivity index (χ1n) is 6.27. The van der Waals surface area contributed by atoms with E-state index in [4.69, 9.17) is 21.6 Å². The standard InChI is InChI=1S/C16H9ClF3NO2/c1-23-14-3-2-12(17)7-13(14)15(22)10-4-9(8-21)5-11(6-10)16(18,19)20/h2-7H,1H3. The van der Waals surface area contributed by atoms with Crippen LogP contribution in [0.15, 0.2) is 36.4 Å². The van der Waals surface area contributed by atoms with Gasteiger partial charge in [0.25, 0.3) is 0 Å². The van der Waals surface area contributed by atoms with Crippen molar-refractivity contribution in [2.45, 2.75) is 6.18 Å². The summed E-state index contributed by atoms with van der Waals surface area (Å²) in [7, 11) is 1.33. The highest BCUT2D eigenvalue weighted by Gasteiger charge is 2.32. The smallest absolute Gasteiger partial charge is 0.416 e. The normalized spacial score (nSPS) is 11.0. The minimum absolute atomic E-state index is 0.0169. The molecule has 0 unspecified atom stereocenters. The SMILES string of the molecule is COc1ccc(Cl)cc1C(=O)c1cc(C#N)cc(C(F)(F)F)c1. The van der Waals surface area contributed by atoms with Crippen molar-refractivity contribution < 1.29 is 22.7 Å². The number of carbonyl (C=O) groups is 1. The highest BCUT2D eigenvalue weighted by atomic mass is 35.5. The van der Waals surface area contributed by atoms with Crippen LogP contribution >= 0.6 is 11.6 Å². The van der Waals surface area contributed by atoms with Gasteiger partial charge in [-0.25, -0.2) is 0 Å². The predicted octanol–water partition coefficient (Wildman–Crippen LogP) is 4.47. The number of benzene rings is 2. The maximum absolute atomic E-state index is 12.9. The molecule has 7 heteroatoms. The Morgan fingerprint density at radius 1 is 1.22 bits per heavy atom. The quantitative estimate of drug-likeness (QED) is 0.775. The largest absolute Gasteiger partial charge is 0.496 e. The van der Waals surface area contributed by atoms with E-state index in [2.05, 4.69) is 0 Å². The fourth-order valence-electron chi connectivity index (χ4n) is 2.00. The minimum atomic E-state index is -4.67. The van der Waals surface area contributed by atoms with Crippen LogP contribution in [0.1, 0.15) is 27.0 Å². The number of carbonyl (C=O) groups excluding carboxylic acids is 1. The Kier molecular flexibility index (Phi) is 4.62. The summed E-state index contributed by atoms with van der Waals surface area (Å²) in [5.41, 5.74) is -1.58. The molecule has 118 valence electrons. The van der Waals surface area contributed by atoms with Crippen molar-refractivity contribution in [1.29, 1.82) is 5.26 Å². The Hall–Kier alpha value is -2.52. The highest BCUT2D eigenvalue weighted by molar-refractivity contribution is 6.31. The lowest BCUT2D eigenvalue weighted by Crippen LogP contribution is -2.10. The molecule has 0 fully saturated rings. The zero-order chi connectivity index (χ0) is 17.2. The number of nitrogens with zero attached hydrogens (tertiary/aromatic N) is 1. The summed E-state index contributed by atoms with van der Waals surface area (Å²) in [6.07, 6.45) is -4.67. The van der Waals surface area contributed by atoms with Crippen molar-refractivity contribution in [2.24, 2.45) is 0 Å². The second-order valence-electron chi connectivity index (χ2n) is 4.58. The predicted molar refractivity (Wildman–Crippen MR) is 77.6 cm³/mol. The Morgan fingerprint density at radius 2 is 1.91 bits per heavy atom. The number of rotatable bonds is 3. The van der Waals surface area contributed by atoms with Crippen LogP contribution in [0.2, 0.25) is 5.02 Å². The average molecular weight is 340 g/mol. The number of methoxy groups -OCH3 is 1. The molecule has 0 spiro atoms. The molecule has 0 amide bonds. The number of hydrogen-bond acceptors (Lipinski definition) is 3. The number of hydrogen-bond donors (Lipinski definition) is 0. The van der Waals surface area contributed by atoms with Gasteiger partial charge in [0.1, 0.15) is 5.75 Å². The lowest BCUT2D eigenvalue weighted by molar-refractivity contribution is -0.137. The molecule has 23 heavy (non-hydrogen) atoms. The van der Waals surface area contributed by atoms with Crippen LogP contribution in [-0.2, 0) is 6.18 Å². The molecule has 0 aliphatic heterocycles. The fraction of sp³-hybridized carbons (Fsp3) is 0.125. The first-order chi connectivity index (χ1) is 10.8. The van der Waals surface area contributed by atoms with Crippen LogP contribution in [0.3, 0.4) is 0 Å². The molecule has 0 bridgehead atoms. The van der Waals surface area contributed by atoms with Crippen LogP contribution < -0.4 is 4.74 Å². The molecule has 0 saturated heterocycles. The minimum Gasteiger partial charge on any atom is -0.496 e. The van der Waals surface area contributed by atoms with Gasteiger partial charge in [-0.05, 0) is 36.4 Å².